The summed E-state index contributed by atoms with van der Waals surface area (Å²) in [5, 5.41) is 2.64. The molecular weight excluding hydrogens is 250 g/mol. The van der Waals surface area contributed by atoms with E-state index in [0.717, 1.165) is 5.88 Å². The molecule has 0 aliphatic heterocycles. The second-order valence-electron chi connectivity index (χ2n) is 3.98. The minimum Gasteiger partial charge on any atom is -1.00 e. The summed E-state index contributed by atoms with van der Waals surface area (Å²) in [5.74, 6) is 2.32. The first-order valence-electron chi connectivity index (χ1n) is 5.86. The number of hydrogen-bond donors (Lipinski definition) is 0. The molecule has 3 heteroatoms. The van der Waals surface area contributed by atoms with Crippen LogP contribution in [0, 0.1) is 0 Å². The van der Waals surface area contributed by atoms with Gasteiger partial charge in [-0.3, -0.25) is 0 Å². The molecule has 0 N–H and O–H groups in total. The summed E-state index contributed by atoms with van der Waals surface area (Å²) in [7, 11) is 0. The summed E-state index contributed by atoms with van der Waals surface area (Å²) in [6.07, 6.45) is 7.00. The Morgan fingerprint density at radius 1 is 1.12 bits per heavy atom. The highest BCUT2D eigenvalue weighted by Crippen LogP contribution is 2.11. The molecule has 1 heterocycles. The highest BCUT2D eigenvalue weighted by Gasteiger charge is 2.01. The number of unbranched alkanes of at least 4 members (excludes halogenated alkanes) is 1. The average Bonchev–Trinajstić information content (AvgIpc) is 2.34. The largest absolute Gasteiger partial charge is 1.00 e. The van der Waals surface area contributed by atoms with Crippen LogP contribution in [0.1, 0.15) is 19.8 Å². The van der Waals surface area contributed by atoms with Gasteiger partial charge in [0.05, 0.1) is 0 Å². The molecular formula is C14H18ClNS. The maximum atomic E-state index is 2.27. The SMILES string of the molecule is CCCCSC[n+]1ccc2ccccc2c1.[Cl-]. The molecule has 0 unspecified atom stereocenters. The topological polar surface area (TPSA) is 3.88 Å². The Hall–Kier alpha value is -0.730. The molecule has 0 radical (unpaired) electrons. The number of thioether (sulfide) groups is 1. The van der Waals surface area contributed by atoms with Gasteiger partial charge < -0.3 is 12.4 Å². The lowest BCUT2D eigenvalue weighted by molar-refractivity contribution is -0.674. The van der Waals surface area contributed by atoms with Crippen molar-refractivity contribution >= 4 is 22.5 Å². The Kier molecular flexibility index (Phi) is 6.38. The van der Waals surface area contributed by atoms with Crippen molar-refractivity contribution in [1.29, 1.82) is 0 Å². The van der Waals surface area contributed by atoms with Crippen LogP contribution in [-0.2, 0) is 5.88 Å². The Balaban J connectivity index is 0.00000144. The van der Waals surface area contributed by atoms with E-state index in [1.54, 1.807) is 0 Å². The van der Waals surface area contributed by atoms with Crippen LogP contribution in [0.15, 0.2) is 42.7 Å². The fraction of sp³-hybridized carbons (Fsp3) is 0.357. The van der Waals surface area contributed by atoms with Gasteiger partial charge in [0.25, 0.3) is 0 Å². The standard InChI is InChI=1S/C14H18NS.ClH/c1-2-3-10-16-12-15-9-8-13-6-4-5-7-14(13)11-15;/h4-9,11H,2-3,10,12H2,1H3;1H/q+1;/p-1. The van der Waals surface area contributed by atoms with Crippen molar-refractivity contribution in [1.82, 2.24) is 0 Å². The van der Waals surface area contributed by atoms with E-state index in [1.807, 2.05) is 11.8 Å². The predicted octanol–water partition coefficient (Wildman–Crippen LogP) is 0.622. The Labute approximate surface area is 114 Å². The first-order chi connectivity index (χ1) is 7.90. The third kappa shape index (κ3) is 4.21. The number of rotatable bonds is 5. The molecule has 2 rings (SSSR count). The second kappa shape index (κ2) is 7.57. The zero-order valence-corrected chi connectivity index (χ0v) is 11.7. The number of pyridine rings is 1. The van der Waals surface area contributed by atoms with Gasteiger partial charge in [0.1, 0.15) is 0 Å². The number of nitrogens with zero attached hydrogens (tertiary/aromatic N) is 1. The first-order valence-corrected chi connectivity index (χ1v) is 7.01. The van der Waals surface area contributed by atoms with Crippen LogP contribution >= 0.6 is 11.8 Å². The van der Waals surface area contributed by atoms with Gasteiger partial charge in [-0.25, -0.2) is 0 Å². The van der Waals surface area contributed by atoms with E-state index >= 15 is 0 Å². The Morgan fingerprint density at radius 2 is 1.88 bits per heavy atom. The van der Waals surface area contributed by atoms with Crippen LogP contribution in [0.3, 0.4) is 0 Å². The van der Waals surface area contributed by atoms with Crippen molar-refractivity contribution < 1.29 is 17.0 Å². The van der Waals surface area contributed by atoms with E-state index in [1.165, 1.54) is 29.4 Å². The van der Waals surface area contributed by atoms with Gasteiger partial charge in [0.2, 0.25) is 0 Å². The van der Waals surface area contributed by atoms with Crippen LogP contribution in [0.4, 0.5) is 0 Å². The minimum atomic E-state index is 0. The monoisotopic (exact) mass is 267 g/mol. The molecule has 0 saturated heterocycles. The van der Waals surface area contributed by atoms with Gasteiger partial charge in [0.15, 0.2) is 18.3 Å². The van der Waals surface area contributed by atoms with Gasteiger partial charge >= 0.3 is 0 Å². The van der Waals surface area contributed by atoms with Gasteiger partial charge in [-0.2, -0.15) is 4.57 Å². The Bertz CT molecular complexity index is 459. The zero-order chi connectivity index (χ0) is 11.2. The maximum Gasteiger partial charge on any atom is 0.194 e. The molecule has 1 aromatic heterocycles. The summed E-state index contributed by atoms with van der Waals surface area (Å²) in [6, 6.07) is 10.7. The van der Waals surface area contributed by atoms with Gasteiger partial charge in [-0.15, -0.1) is 0 Å². The fourth-order valence-corrected chi connectivity index (χ4v) is 2.67. The highest BCUT2D eigenvalue weighted by atomic mass is 35.5. The summed E-state index contributed by atoms with van der Waals surface area (Å²) < 4.78 is 2.27. The second-order valence-corrected chi connectivity index (χ2v) is 5.05. The third-order valence-electron chi connectivity index (χ3n) is 2.63. The van der Waals surface area contributed by atoms with E-state index in [-0.39, 0.29) is 12.4 Å². The lowest BCUT2D eigenvalue weighted by atomic mass is 10.2. The smallest absolute Gasteiger partial charge is 0.194 e. The molecule has 0 amide bonds. The highest BCUT2D eigenvalue weighted by molar-refractivity contribution is 7.98. The maximum absolute atomic E-state index is 2.27. The molecule has 0 aliphatic carbocycles. The molecule has 0 aliphatic rings. The lowest BCUT2D eigenvalue weighted by Gasteiger charge is -1.99. The lowest BCUT2D eigenvalue weighted by Crippen LogP contribution is -3.00. The van der Waals surface area contributed by atoms with E-state index in [4.69, 9.17) is 0 Å². The Morgan fingerprint density at radius 3 is 2.65 bits per heavy atom. The summed E-state index contributed by atoms with van der Waals surface area (Å²) in [4.78, 5) is 0. The number of fused-ring (bicyclic) bond motifs is 1. The van der Waals surface area contributed by atoms with E-state index < -0.39 is 0 Å². The normalized spacial score (nSPS) is 10.2. The first kappa shape index (κ1) is 14.3. The van der Waals surface area contributed by atoms with Crippen molar-refractivity contribution in [3.05, 3.63) is 42.7 Å². The molecule has 0 bridgehead atoms. The van der Waals surface area contributed by atoms with Crippen LogP contribution in [-0.4, -0.2) is 5.75 Å². The average molecular weight is 268 g/mol. The van der Waals surface area contributed by atoms with Crippen molar-refractivity contribution in [2.45, 2.75) is 25.6 Å². The van der Waals surface area contributed by atoms with Gasteiger partial charge in [-0.1, -0.05) is 43.3 Å². The van der Waals surface area contributed by atoms with Crippen LogP contribution in [0.5, 0.6) is 0 Å². The molecule has 17 heavy (non-hydrogen) atoms. The van der Waals surface area contributed by atoms with Crippen LogP contribution in [0.25, 0.3) is 10.8 Å². The minimum absolute atomic E-state index is 0. The van der Waals surface area contributed by atoms with Gasteiger partial charge in [-0.05, 0) is 23.6 Å². The van der Waals surface area contributed by atoms with E-state index in [0.29, 0.717) is 0 Å². The fourth-order valence-electron chi connectivity index (χ4n) is 1.67. The molecule has 0 saturated carbocycles. The van der Waals surface area contributed by atoms with Crippen molar-refractivity contribution in [3.8, 4) is 0 Å². The quantitative estimate of drug-likeness (QED) is 0.568. The molecule has 2 aromatic rings. The van der Waals surface area contributed by atoms with Crippen molar-refractivity contribution in [2.75, 3.05) is 5.75 Å². The predicted molar refractivity (Wildman–Crippen MR) is 71.5 cm³/mol. The zero-order valence-electron chi connectivity index (χ0n) is 10.1. The molecule has 1 aromatic carbocycles. The number of hydrogen-bond acceptors (Lipinski definition) is 1. The van der Waals surface area contributed by atoms with Crippen LogP contribution < -0.4 is 17.0 Å². The molecule has 1 nitrogen and oxygen atoms in total. The third-order valence-corrected chi connectivity index (χ3v) is 3.69. The summed E-state index contributed by atoms with van der Waals surface area (Å²) >= 11 is 2.00. The molecule has 92 valence electrons. The molecule has 0 atom stereocenters. The summed E-state index contributed by atoms with van der Waals surface area (Å²) in [6.45, 7) is 2.24. The summed E-state index contributed by atoms with van der Waals surface area (Å²) in [5.41, 5.74) is 0. The number of halogens is 1. The van der Waals surface area contributed by atoms with E-state index in [9.17, 15) is 0 Å². The van der Waals surface area contributed by atoms with Crippen LogP contribution in [0.2, 0.25) is 0 Å². The molecule has 0 fully saturated rings. The number of benzene rings is 1. The van der Waals surface area contributed by atoms with Crippen molar-refractivity contribution in [3.63, 3.8) is 0 Å². The van der Waals surface area contributed by atoms with Crippen molar-refractivity contribution in [2.24, 2.45) is 0 Å². The van der Waals surface area contributed by atoms with E-state index in [2.05, 4.69) is 54.2 Å². The molecule has 0 spiro atoms. The van der Waals surface area contributed by atoms with Gasteiger partial charge in [0, 0.05) is 11.5 Å². The number of aromatic nitrogens is 1.